The maximum absolute atomic E-state index is 13.4. The van der Waals surface area contributed by atoms with Crippen LogP contribution in [0.5, 0.6) is 0 Å². The van der Waals surface area contributed by atoms with Gasteiger partial charge in [-0.2, -0.15) is 0 Å². The highest BCUT2D eigenvalue weighted by Gasteiger charge is 2.53. The Morgan fingerprint density at radius 1 is 1.25 bits per heavy atom. The third-order valence-electron chi connectivity index (χ3n) is 6.60. The number of thiazole rings is 1. The fourth-order valence-electron chi connectivity index (χ4n) is 4.85. The van der Waals surface area contributed by atoms with Crippen molar-refractivity contribution < 1.29 is 9.59 Å². The largest absolute Gasteiger partial charge is 0.342 e. The van der Waals surface area contributed by atoms with E-state index in [2.05, 4.69) is 53.9 Å². The van der Waals surface area contributed by atoms with Gasteiger partial charge in [0.2, 0.25) is 11.8 Å². The van der Waals surface area contributed by atoms with Crippen LogP contribution >= 0.6 is 22.7 Å². The predicted molar refractivity (Wildman–Crippen MR) is 131 cm³/mol. The number of piperazine rings is 1. The SMILES string of the molecule is CCCCN1C(=O)C(CC(C)C)NC(=O)C12CCN(Cc1csc(-c3cccs3)n1)CC2. The third kappa shape index (κ3) is 4.77. The van der Waals surface area contributed by atoms with Gasteiger partial charge >= 0.3 is 0 Å². The predicted octanol–water partition coefficient (Wildman–Crippen LogP) is 4.38. The monoisotopic (exact) mass is 474 g/mol. The summed E-state index contributed by atoms with van der Waals surface area (Å²) >= 11 is 3.40. The molecule has 1 N–H and O–H groups in total. The number of piperidine rings is 1. The first-order valence-electron chi connectivity index (χ1n) is 11.8. The van der Waals surface area contributed by atoms with Gasteiger partial charge in [-0.15, -0.1) is 22.7 Å². The van der Waals surface area contributed by atoms with Gasteiger partial charge in [0.1, 0.15) is 16.6 Å². The van der Waals surface area contributed by atoms with E-state index in [-0.39, 0.29) is 17.9 Å². The van der Waals surface area contributed by atoms with Gasteiger partial charge < -0.3 is 10.2 Å². The van der Waals surface area contributed by atoms with Crippen molar-refractivity contribution in [2.45, 2.75) is 71.0 Å². The highest BCUT2D eigenvalue weighted by molar-refractivity contribution is 7.20. The Labute approximate surface area is 199 Å². The van der Waals surface area contributed by atoms with Crippen molar-refractivity contribution in [2.24, 2.45) is 5.92 Å². The van der Waals surface area contributed by atoms with E-state index < -0.39 is 5.54 Å². The van der Waals surface area contributed by atoms with E-state index in [1.54, 1.807) is 22.7 Å². The van der Waals surface area contributed by atoms with Crippen LogP contribution in [0, 0.1) is 5.92 Å². The molecule has 0 aliphatic carbocycles. The second-order valence-corrected chi connectivity index (χ2v) is 11.2. The molecule has 2 aromatic heterocycles. The Balaban J connectivity index is 1.43. The minimum Gasteiger partial charge on any atom is -0.342 e. The summed E-state index contributed by atoms with van der Waals surface area (Å²) in [5.41, 5.74) is 0.388. The number of hydrogen-bond donors (Lipinski definition) is 1. The molecule has 2 fully saturated rings. The Morgan fingerprint density at radius 3 is 2.69 bits per heavy atom. The van der Waals surface area contributed by atoms with Gasteiger partial charge in [0.05, 0.1) is 10.6 Å². The van der Waals surface area contributed by atoms with Crippen LogP contribution in [-0.2, 0) is 16.1 Å². The van der Waals surface area contributed by atoms with Crippen molar-refractivity contribution in [3.63, 3.8) is 0 Å². The highest BCUT2D eigenvalue weighted by Crippen LogP contribution is 2.35. The van der Waals surface area contributed by atoms with Crippen LogP contribution in [0.4, 0.5) is 0 Å². The van der Waals surface area contributed by atoms with Gasteiger partial charge in [-0.05, 0) is 43.0 Å². The van der Waals surface area contributed by atoms with E-state index in [0.717, 1.165) is 43.2 Å². The Kier molecular flexibility index (Phi) is 7.32. The summed E-state index contributed by atoms with van der Waals surface area (Å²) in [6.45, 7) is 9.38. The molecule has 2 amide bonds. The molecule has 2 saturated heterocycles. The lowest BCUT2D eigenvalue weighted by Gasteiger charge is -2.52. The Hall–Kier alpha value is -1.77. The van der Waals surface area contributed by atoms with Gasteiger partial charge in [-0.3, -0.25) is 14.5 Å². The zero-order chi connectivity index (χ0) is 22.7. The number of thiophene rings is 1. The number of aromatic nitrogens is 1. The minimum atomic E-state index is -0.694. The summed E-state index contributed by atoms with van der Waals surface area (Å²) in [5.74, 6) is 0.526. The van der Waals surface area contributed by atoms with Crippen LogP contribution in [-0.4, -0.2) is 57.8 Å². The van der Waals surface area contributed by atoms with Crippen LogP contribution in [0.2, 0.25) is 0 Å². The lowest BCUT2D eigenvalue weighted by molar-refractivity contribution is -0.161. The van der Waals surface area contributed by atoms with Crippen LogP contribution in [0.15, 0.2) is 22.9 Å². The van der Waals surface area contributed by atoms with Gasteiger partial charge in [-0.1, -0.05) is 33.3 Å². The molecule has 32 heavy (non-hydrogen) atoms. The molecule has 2 aliphatic rings. The zero-order valence-electron chi connectivity index (χ0n) is 19.3. The van der Waals surface area contributed by atoms with Gasteiger partial charge in [0.15, 0.2) is 0 Å². The topological polar surface area (TPSA) is 65.5 Å². The molecule has 0 bridgehead atoms. The molecule has 1 unspecified atom stereocenters. The van der Waals surface area contributed by atoms with Gasteiger partial charge in [0, 0.05) is 31.6 Å². The maximum Gasteiger partial charge on any atom is 0.246 e. The number of hydrogen-bond acceptors (Lipinski definition) is 6. The number of nitrogens with one attached hydrogen (secondary N) is 1. The number of unbranched alkanes of at least 4 members (excludes halogenated alkanes) is 1. The molecular weight excluding hydrogens is 440 g/mol. The average molecular weight is 475 g/mol. The van der Waals surface area contributed by atoms with Crippen molar-refractivity contribution in [3.05, 3.63) is 28.6 Å². The molecule has 4 rings (SSSR count). The first kappa shape index (κ1) is 23.4. The fraction of sp³-hybridized carbons (Fsp3) is 0.625. The first-order valence-corrected chi connectivity index (χ1v) is 13.5. The van der Waals surface area contributed by atoms with Gasteiger partial charge in [-0.25, -0.2) is 4.98 Å². The van der Waals surface area contributed by atoms with E-state index in [1.165, 1.54) is 4.88 Å². The summed E-state index contributed by atoms with van der Waals surface area (Å²) in [5, 5.41) is 8.38. The Morgan fingerprint density at radius 2 is 2.03 bits per heavy atom. The third-order valence-corrected chi connectivity index (χ3v) is 8.53. The van der Waals surface area contributed by atoms with Crippen molar-refractivity contribution in [1.29, 1.82) is 0 Å². The first-order chi connectivity index (χ1) is 15.4. The molecule has 1 spiro atoms. The molecule has 0 aromatic carbocycles. The number of carbonyl (C=O) groups excluding carboxylic acids is 2. The van der Waals surface area contributed by atoms with Crippen LogP contribution in [0.3, 0.4) is 0 Å². The second-order valence-electron chi connectivity index (χ2n) is 9.43. The summed E-state index contributed by atoms with van der Waals surface area (Å²) in [7, 11) is 0. The number of amides is 2. The number of likely N-dealkylation sites (tertiary alicyclic amines) is 1. The summed E-state index contributed by atoms with van der Waals surface area (Å²) in [4.78, 5) is 37.0. The summed E-state index contributed by atoms with van der Waals surface area (Å²) in [6, 6.07) is 3.78. The maximum atomic E-state index is 13.4. The molecule has 2 aromatic rings. The second kappa shape index (κ2) is 10.0. The lowest BCUT2D eigenvalue weighted by atomic mass is 9.80. The van der Waals surface area contributed by atoms with Crippen LogP contribution in [0.1, 0.15) is 58.6 Å². The van der Waals surface area contributed by atoms with Crippen molar-refractivity contribution in [2.75, 3.05) is 19.6 Å². The van der Waals surface area contributed by atoms with Crippen LogP contribution < -0.4 is 5.32 Å². The summed E-state index contributed by atoms with van der Waals surface area (Å²) < 4.78 is 0. The minimum absolute atomic E-state index is 0.0483. The van der Waals surface area contributed by atoms with E-state index in [1.807, 2.05) is 4.90 Å². The summed E-state index contributed by atoms with van der Waals surface area (Å²) in [6.07, 6.45) is 4.02. The lowest BCUT2D eigenvalue weighted by Crippen LogP contribution is -2.73. The quantitative estimate of drug-likeness (QED) is 0.617. The molecule has 0 saturated carbocycles. The number of carbonyl (C=O) groups is 2. The van der Waals surface area contributed by atoms with Gasteiger partial charge in [0.25, 0.3) is 0 Å². The van der Waals surface area contributed by atoms with Crippen molar-refractivity contribution >= 4 is 34.5 Å². The van der Waals surface area contributed by atoms with E-state index >= 15 is 0 Å². The molecule has 1 atom stereocenters. The van der Waals surface area contributed by atoms with E-state index in [9.17, 15) is 9.59 Å². The molecule has 6 nitrogen and oxygen atoms in total. The number of rotatable bonds is 8. The molecule has 4 heterocycles. The molecule has 2 aliphatic heterocycles. The Bertz CT molecular complexity index is 916. The average Bonchev–Trinajstić information content (AvgIpc) is 3.45. The standard InChI is InChI=1S/C24H34N4O2S2/c1-4-5-10-28-22(29)19(14-17(2)3)26-23(30)24(28)8-11-27(12-9-24)15-18-16-32-21(25-18)20-7-6-13-31-20/h6-7,13,16-17,19H,4-5,8-12,14-15H2,1-3H3,(H,26,30). The van der Waals surface area contributed by atoms with E-state index in [4.69, 9.17) is 4.98 Å². The fourth-order valence-corrected chi connectivity index (χ4v) is 6.47. The van der Waals surface area contributed by atoms with Crippen LogP contribution in [0.25, 0.3) is 9.88 Å². The molecule has 0 radical (unpaired) electrons. The van der Waals surface area contributed by atoms with Crippen molar-refractivity contribution in [1.82, 2.24) is 20.1 Å². The molecule has 8 heteroatoms. The van der Waals surface area contributed by atoms with Crippen molar-refractivity contribution in [3.8, 4) is 9.88 Å². The van der Waals surface area contributed by atoms with E-state index in [0.29, 0.717) is 31.7 Å². The number of nitrogens with zero attached hydrogens (tertiary/aromatic N) is 3. The normalized spacial score (nSPS) is 21.5. The molecule has 174 valence electrons. The highest BCUT2D eigenvalue weighted by atomic mass is 32.1. The smallest absolute Gasteiger partial charge is 0.246 e. The molecular formula is C24H34N4O2S2. The zero-order valence-corrected chi connectivity index (χ0v) is 20.9.